The zero-order valence-electron chi connectivity index (χ0n) is 19.1. The van der Waals surface area contributed by atoms with Crippen molar-refractivity contribution in [2.75, 3.05) is 32.2 Å². The van der Waals surface area contributed by atoms with Crippen LogP contribution in [-0.2, 0) is 19.0 Å². The summed E-state index contributed by atoms with van der Waals surface area (Å²) in [5.41, 5.74) is 0.622. The summed E-state index contributed by atoms with van der Waals surface area (Å²) in [7, 11) is 1.30. The van der Waals surface area contributed by atoms with Crippen LogP contribution in [0.2, 0.25) is 0 Å². The number of esters is 2. The third kappa shape index (κ3) is 5.44. The molecule has 1 N–H and O–H groups in total. The van der Waals surface area contributed by atoms with E-state index in [2.05, 4.69) is 5.32 Å². The predicted octanol–water partition coefficient (Wildman–Crippen LogP) is 5.97. The van der Waals surface area contributed by atoms with E-state index in [1.165, 1.54) is 49.0 Å². The first-order valence-corrected chi connectivity index (χ1v) is 12.9. The SMILES string of the molecule is CCOC(=O)COc1c(C(=O)OC)sc2c1sc1cc(NC(=O)OCC3CCCCC3)ccc12. The molecule has 1 aliphatic carbocycles. The van der Waals surface area contributed by atoms with Crippen LogP contribution in [-0.4, -0.2) is 45.0 Å². The summed E-state index contributed by atoms with van der Waals surface area (Å²) in [5.74, 6) is -0.290. The van der Waals surface area contributed by atoms with Crippen molar-refractivity contribution in [3.05, 3.63) is 23.1 Å². The second kappa shape index (κ2) is 11.1. The van der Waals surface area contributed by atoms with Gasteiger partial charge in [-0.05, 0) is 37.8 Å². The summed E-state index contributed by atoms with van der Waals surface area (Å²) in [6, 6.07) is 5.55. The molecule has 182 valence electrons. The average molecular weight is 506 g/mol. The van der Waals surface area contributed by atoms with Crippen LogP contribution in [0.25, 0.3) is 19.5 Å². The molecule has 1 saturated carbocycles. The standard InChI is InChI=1S/C24H27NO7S2/c1-3-30-18(26)13-31-19-21-20(34-22(19)23(27)29-2)16-10-9-15(11-17(16)33-21)25-24(28)32-12-14-7-5-4-6-8-14/h9-11,14H,3-8,12-13H2,1-2H3,(H,25,28). The van der Waals surface area contributed by atoms with Crippen LogP contribution in [0.15, 0.2) is 18.2 Å². The fraction of sp³-hybridized carbons (Fsp3) is 0.458. The highest BCUT2D eigenvalue weighted by Crippen LogP contribution is 2.47. The second-order valence-corrected chi connectivity index (χ2v) is 10.1. The van der Waals surface area contributed by atoms with Crippen LogP contribution in [0, 0.1) is 5.92 Å². The molecule has 0 aliphatic heterocycles. The van der Waals surface area contributed by atoms with Crippen molar-refractivity contribution in [3.8, 4) is 5.75 Å². The van der Waals surface area contributed by atoms with E-state index in [1.807, 2.05) is 12.1 Å². The Bertz CT molecular complexity index is 1190. The largest absolute Gasteiger partial charge is 0.479 e. The summed E-state index contributed by atoms with van der Waals surface area (Å²) in [6.45, 7) is 2.09. The van der Waals surface area contributed by atoms with Crippen LogP contribution in [0.4, 0.5) is 10.5 Å². The maximum atomic E-state index is 12.3. The molecule has 1 aromatic carbocycles. The van der Waals surface area contributed by atoms with Crippen molar-refractivity contribution in [3.63, 3.8) is 0 Å². The van der Waals surface area contributed by atoms with E-state index in [1.54, 1.807) is 13.0 Å². The number of fused-ring (bicyclic) bond motifs is 3. The van der Waals surface area contributed by atoms with Gasteiger partial charge in [-0.1, -0.05) is 25.3 Å². The minimum absolute atomic E-state index is 0.243. The lowest BCUT2D eigenvalue weighted by Crippen LogP contribution is -2.20. The van der Waals surface area contributed by atoms with E-state index in [0.717, 1.165) is 32.3 Å². The molecule has 0 bridgehead atoms. The first-order valence-electron chi connectivity index (χ1n) is 11.3. The van der Waals surface area contributed by atoms with Crippen LogP contribution in [0.1, 0.15) is 48.7 Å². The number of amides is 1. The number of carbonyl (C=O) groups excluding carboxylic acids is 3. The van der Waals surface area contributed by atoms with Gasteiger partial charge in [-0.15, -0.1) is 22.7 Å². The Hall–Kier alpha value is -2.85. The van der Waals surface area contributed by atoms with Crippen LogP contribution >= 0.6 is 22.7 Å². The van der Waals surface area contributed by atoms with E-state index in [-0.39, 0.29) is 13.2 Å². The number of benzene rings is 1. The molecule has 0 radical (unpaired) electrons. The summed E-state index contributed by atoms with van der Waals surface area (Å²) >= 11 is 2.66. The highest BCUT2D eigenvalue weighted by atomic mass is 32.1. The summed E-state index contributed by atoms with van der Waals surface area (Å²) in [5, 5.41) is 3.72. The Morgan fingerprint density at radius 1 is 1.06 bits per heavy atom. The van der Waals surface area contributed by atoms with Crippen molar-refractivity contribution in [2.45, 2.75) is 39.0 Å². The smallest absolute Gasteiger partial charge is 0.411 e. The minimum atomic E-state index is -0.528. The molecule has 34 heavy (non-hydrogen) atoms. The predicted molar refractivity (Wildman–Crippen MR) is 132 cm³/mol. The van der Waals surface area contributed by atoms with Gasteiger partial charge in [-0.25, -0.2) is 14.4 Å². The van der Waals surface area contributed by atoms with Gasteiger partial charge in [0.05, 0.1) is 29.7 Å². The molecule has 0 saturated heterocycles. The Morgan fingerprint density at radius 2 is 1.85 bits per heavy atom. The van der Waals surface area contributed by atoms with Crippen molar-refractivity contribution in [1.82, 2.24) is 0 Å². The quantitative estimate of drug-likeness (QED) is 0.297. The molecule has 4 rings (SSSR count). The monoisotopic (exact) mass is 505 g/mol. The van der Waals surface area contributed by atoms with Gasteiger partial charge in [0.2, 0.25) is 0 Å². The van der Waals surface area contributed by atoms with Gasteiger partial charge in [0, 0.05) is 15.8 Å². The molecule has 8 nitrogen and oxygen atoms in total. The molecule has 2 heterocycles. The van der Waals surface area contributed by atoms with Crippen molar-refractivity contribution >= 4 is 65.9 Å². The molecule has 0 spiro atoms. The summed E-state index contributed by atoms with van der Waals surface area (Å²) in [6.07, 6.45) is 5.42. The van der Waals surface area contributed by atoms with Crippen molar-refractivity contribution in [1.29, 1.82) is 0 Å². The number of methoxy groups -OCH3 is 1. The molecular formula is C24H27NO7S2. The minimum Gasteiger partial charge on any atom is -0.479 e. The zero-order valence-corrected chi connectivity index (χ0v) is 20.8. The molecule has 2 aromatic heterocycles. The number of hydrogen-bond donors (Lipinski definition) is 1. The molecule has 10 heteroatoms. The molecule has 0 unspecified atom stereocenters. The van der Waals surface area contributed by atoms with E-state index >= 15 is 0 Å². The molecule has 3 aromatic rings. The molecule has 0 atom stereocenters. The average Bonchev–Trinajstić information content (AvgIpc) is 3.37. The number of carbonyl (C=O) groups is 3. The van der Waals surface area contributed by atoms with Gasteiger partial charge >= 0.3 is 18.0 Å². The van der Waals surface area contributed by atoms with Gasteiger partial charge in [0.25, 0.3) is 0 Å². The van der Waals surface area contributed by atoms with Crippen molar-refractivity contribution in [2.24, 2.45) is 5.92 Å². The van der Waals surface area contributed by atoms with Gasteiger partial charge in [0.15, 0.2) is 17.2 Å². The van der Waals surface area contributed by atoms with Gasteiger partial charge in [0.1, 0.15) is 0 Å². The fourth-order valence-corrected chi connectivity index (χ4v) is 6.67. The maximum absolute atomic E-state index is 12.3. The van der Waals surface area contributed by atoms with Gasteiger partial charge in [-0.3, -0.25) is 5.32 Å². The van der Waals surface area contributed by atoms with Crippen LogP contribution in [0.3, 0.4) is 0 Å². The fourth-order valence-electron chi connectivity index (χ4n) is 4.05. The normalized spacial score (nSPS) is 14.2. The lowest BCUT2D eigenvalue weighted by atomic mass is 9.90. The summed E-state index contributed by atoms with van der Waals surface area (Å²) in [4.78, 5) is 36.7. The Labute approximate surface area is 205 Å². The Kier molecular flexibility index (Phi) is 7.89. The first-order chi connectivity index (χ1) is 16.5. The number of anilines is 1. The number of rotatable bonds is 8. The molecule has 1 aliphatic rings. The zero-order chi connectivity index (χ0) is 24.1. The van der Waals surface area contributed by atoms with E-state index in [0.29, 0.717) is 28.8 Å². The third-order valence-corrected chi connectivity index (χ3v) is 8.16. The topological polar surface area (TPSA) is 100 Å². The highest BCUT2D eigenvalue weighted by molar-refractivity contribution is 7.34. The van der Waals surface area contributed by atoms with E-state index < -0.39 is 18.0 Å². The third-order valence-electron chi connectivity index (χ3n) is 5.69. The number of thiophene rings is 2. The number of ether oxygens (including phenoxy) is 4. The van der Waals surface area contributed by atoms with Crippen molar-refractivity contribution < 1.29 is 33.3 Å². The van der Waals surface area contributed by atoms with Gasteiger partial charge < -0.3 is 18.9 Å². The van der Waals surface area contributed by atoms with E-state index in [4.69, 9.17) is 18.9 Å². The first kappa shape index (κ1) is 24.3. The molecule has 1 amide bonds. The van der Waals surface area contributed by atoms with Crippen LogP contribution < -0.4 is 10.1 Å². The van der Waals surface area contributed by atoms with E-state index in [9.17, 15) is 14.4 Å². The molecule has 1 fully saturated rings. The second-order valence-electron chi connectivity index (χ2n) is 8.04. The summed E-state index contributed by atoms with van der Waals surface area (Å²) < 4.78 is 23.4. The molecular weight excluding hydrogens is 478 g/mol. The lowest BCUT2D eigenvalue weighted by molar-refractivity contribution is -0.145. The highest BCUT2D eigenvalue weighted by Gasteiger charge is 2.25. The van der Waals surface area contributed by atoms with Crippen LogP contribution in [0.5, 0.6) is 5.75 Å². The van der Waals surface area contributed by atoms with Gasteiger partial charge in [-0.2, -0.15) is 0 Å². The Balaban J connectivity index is 1.53. The maximum Gasteiger partial charge on any atom is 0.411 e. The lowest BCUT2D eigenvalue weighted by Gasteiger charge is -2.21. The Morgan fingerprint density at radius 3 is 2.59 bits per heavy atom. The number of hydrogen-bond acceptors (Lipinski definition) is 9. The number of nitrogens with one attached hydrogen (secondary N) is 1.